The van der Waals surface area contributed by atoms with Crippen LogP contribution in [0.2, 0.25) is 0 Å². The second-order valence-electron chi connectivity index (χ2n) is 5.48. The first-order chi connectivity index (χ1) is 8.69. The number of nitrogens with two attached hydrogens (primary N) is 1. The van der Waals surface area contributed by atoms with Gasteiger partial charge >= 0.3 is 0 Å². The molecule has 3 N–H and O–H groups in total. The molecule has 1 unspecified atom stereocenters. The zero-order valence-corrected chi connectivity index (χ0v) is 11.4. The van der Waals surface area contributed by atoms with Gasteiger partial charge in [-0.3, -0.25) is 16.3 Å². The van der Waals surface area contributed by atoms with Gasteiger partial charge in [0.15, 0.2) is 0 Å². The molecule has 1 aromatic heterocycles. The lowest BCUT2D eigenvalue weighted by Gasteiger charge is -2.43. The molecule has 1 aromatic rings. The van der Waals surface area contributed by atoms with Crippen molar-refractivity contribution in [3.05, 3.63) is 30.1 Å². The summed E-state index contributed by atoms with van der Waals surface area (Å²) in [6.07, 6.45) is 9.69. The summed E-state index contributed by atoms with van der Waals surface area (Å²) in [6.45, 7) is 0. The van der Waals surface area contributed by atoms with Crippen molar-refractivity contribution >= 4 is 0 Å². The van der Waals surface area contributed by atoms with Crippen LogP contribution >= 0.6 is 0 Å². The van der Waals surface area contributed by atoms with Crippen molar-refractivity contribution in [2.24, 2.45) is 5.84 Å². The first kappa shape index (κ1) is 13.5. The molecule has 0 saturated heterocycles. The van der Waals surface area contributed by atoms with Crippen LogP contribution in [0.3, 0.4) is 0 Å². The van der Waals surface area contributed by atoms with Crippen molar-refractivity contribution in [2.75, 3.05) is 14.1 Å². The van der Waals surface area contributed by atoms with Crippen molar-refractivity contribution in [1.29, 1.82) is 0 Å². The zero-order valence-electron chi connectivity index (χ0n) is 11.4. The standard InChI is InChI=1S/C14H24N4/c1-18(2)14(7-3-4-8-14)13(17-15)11-12-5-9-16-10-6-12/h5-6,9-10,13,17H,3-4,7-8,11,15H2,1-2H3. The van der Waals surface area contributed by atoms with Crippen LogP contribution in [-0.2, 0) is 6.42 Å². The molecule has 0 aromatic carbocycles. The van der Waals surface area contributed by atoms with Crippen LogP contribution in [0.1, 0.15) is 31.2 Å². The van der Waals surface area contributed by atoms with Gasteiger partial charge in [-0.25, -0.2) is 0 Å². The Bertz CT molecular complexity index is 357. The molecule has 0 spiro atoms. The van der Waals surface area contributed by atoms with Gasteiger partial charge in [0.2, 0.25) is 0 Å². The first-order valence-electron chi connectivity index (χ1n) is 6.71. The summed E-state index contributed by atoms with van der Waals surface area (Å²) in [5.74, 6) is 5.83. The minimum atomic E-state index is 0.192. The highest BCUT2D eigenvalue weighted by molar-refractivity contribution is 5.15. The number of hydrogen-bond donors (Lipinski definition) is 2. The molecular weight excluding hydrogens is 224 g/mol. The number of pyridine rings is 1. The SMILES string of the molecule is CN(C)C1(C(Cc2ccncc2)NN)CCCC1. The number of likely N-dealkylation sites (N-methyl/N-ethyl adjacent to an activating group) is 1. The number of hydrazine groups is 1. The Morgan fingerprint density at radius 2 is 1.94 bits per heavy atom. The fourth-order valence-corrected chi connectivity index (χ4v) is 3.25. The second-order valence-corrected chi connectivity index (χ2v) is 5.48. The van der Waals surface area contributed by atoms with Crippen LogP contribution in [0.25, 0.3) is 0 Å². The van der Waals surface area contributed by atoms with Gasteiger partial charge in [-0.05, 0) is 51.1 Å². The third-order valence-electron chi connectivity index (χ3n) is 4.40. The monoisotopic (exact) mass is 248 g/mol. The van der Waals surface area contributed by atoms with Gasteiger partial charge in [-0.15, -0.1) is 0 Å². The van der Waals surface area contributed by atoms with Crippen LogP contribution in [0.5, 0.6) is 0 Å². The van der Waals surface area contributed by atoms with Crippen molar-refractivity contribution < 1.29 is 0 Å². The highest BCUT2D eigenvalue weighted by atomic mass is 15.3. The third kappa shape index (κ3) is 2.55. The molecule has 18 heavy (non-hydrogen) atoms. The number of nitrogens with one attached hydrogen (secondary N) is 1. The molecule has 1 saturated carbocycles. The number of aromatic nitrogens is 1. The van der Waals surface area contributed by atoms with Crippen molar-refractivity contribution in [2.45, 2.75) is 43.7 Å². The van der Waals surface area contributed by atoms with Gasteiger partial charge in [-0.2, -0.15) is 0 Å². The van der Waals surface area contributed by atoms with E-state index in [1.165, 1.54) is 31.2 Å². The Morgan fingerprint density at radius 3 is 2.44 bits per heavy atom. The van der Waals surface area contributed by atoms with Crippen LogP contribution in [0, 0.1) is 0 Å². The highest BCUT2D eigenvalue weighted by Gasteiger charge is 2.42. The van der Waals surface area contributed by atoms with Gasteiger partial charge in [-0.1, -0.05) is 12.8 Å². The predicted molar refractivity (Wildman–Crippen MR) is 73.9 cm³/mol. The molecule has 0 aliphatic heterocycles. The molecule has 4 heteroatoms. The van der Waals surface area contributed by atoms with Gasteiger partial charge in [0.05, 0.1) is 0 Å². The lowest BCUT2D eigenvalue weighted by Crippen LogP contribution is -2.60. The summed E-state index contributed by atoms with van der Waals surface area (Å²) in [4.78, 5) is 6.42. The minimum absolute atomic E-state index is 0.192. The molecule has 100 valence electrons. The Kier molecular flexibility index (Phi) is 4.32. The maximum absolute atomic E-state index is 5.83. The second kappa shape index (κ2) is 5.78. The van der Waals surface area contributed by atoms with E-state index in [2.05, 4.69) is 41.5 Å². The van der Waals surface area contributed by atoms with Gasteiger partial charge in [0.1, 0.15) is 0 Å². The lowest BCUT2D eigenvalue weighted by atomic mass is 9.83. The molecule has 1 atom stereocenters. The molecule has 1 heterocycles. The number of hydrogen-bond acceptors (Lipinski definition) is 4. The van der Waals surface area contributed by atoms with Crippen molar-refractivity contribution in [3.8, 4) is 0 Å². The molecule has 0 bridgehead atoms. The Balaban J connectivity index is 2.16. The summed E-state index contributed by atoms with van der Waals surface area (Å²) in [5.41, 5.74) is 4.54. The molecule has 0 amide bonds. The van der Waals surface area contributed by atoms with E-state index >= 15 is 0 Å². The molecule has 2 rings (SSSR count). The third-order valence-corrected chi connectivity index (χ3v) is 4.40. The summed E-state index contributed by atoms with van der Waals surface area (Å²) in [6, 6.07) is 4.43. The topological polar surface area (TPSA) is 54.2 Å². The molecule has 4 nitrogen and oxygen atoms in total. The van der Waals surface area contributed by atoms with E-state index in [4.69, 9.17) is 5.84 Å². The van der Waals surface area contributed by atoms with Gasteiger partial charge in [0.25, 0.3) is 0 Å². The van der Waals surface area contributed by atoms with E-state index in [1.807, 2.05) is 12.4 Å². The van der Waals surface area contributed by atoms with Crippen LogP contribution in [0.15, 0.2) is 24.5 Å². The van der Waals surface area contributed by atoms with Crippen molar-refractivity contribution in [3.63, 3.8) is 0 Å². The summed E-state index contributed by atoms with van der Waals surface area (Å²) in [7, 11) is 4.34. The Morgan fingerprint density at radius 1 is 1.33 bits per heavy atom. The van der Waals surface area contributed by atoms with E-state index < -0.39 is 0 Å². The maximum Gasteiger partial charge on any atom is 0.0434 e. The zero-order chi connectivity index (χ0) is 13.0. The van der Waals surface area contributed by atoms with E-state index in [0.717, 1.165) is 6.42 Å². The van der Waals surface area contributed by atoms with Gasteiger partial charge in [0, 0.05) is 24.0 Å². The van der Waals surface area contributed by atoms with E-state index in [1.54, 1.807) is 0 Å². The molecule has 1 aliphatic carbocycles. The average molecular weight is 248 g/mol. The highest BCUT2D eigenvalue weighted by Crippen LogP contribution is 2.37. The first-order valence-corrected chi connectivity index (χ1v) is 6.71. The summed E-state index contributed by atoms with van der Waals surface area (Å²) < 4.78 is 0. The van der Waals surface area contributed by atoms with Crippen LogP contribution in [0.4, 0.5) is 0 Å². The Hall–Kier alpha value is -0.970. The summed E-state index contributed by atoms with van der Waals surface area (Å²) >= 11 is 0. The van der Waals surface area contributed by atoms with E-state index in [0.29, 0.717) is 0 Å². The van der Waals surface area contributed by atoms with E-state index in [9.17, 15) is 0 Å². The predicted octanol–water partition coefficient (Wildman–Crippen LogP) is 1.33. The quantitative estimate of drug-likeness (QED) is 0.610. The number of rotatable bonds is 5. The normalized spacial score (nSPS) is 20.2. The largest absolute Gasteiger partial charge is 0.302 e. The molecule has 1 aliphatic rings. The maximum atomic E-state index is 5.83. The molecule has 1 fully saturated rings. The fourth-order valence-electron chi connectivity index (χ4n) is 3.25. The van der Waals surface area contributed by atoms with Crippen molar-refractivity contribution in [1.82, 2.24) is 15.3 Å². The molecule has 0 radical (unpaired) electrons. The Labute approximate surface area is 110 Å². The minimum Gasteiger partial charge on any atom is -0.302 e. The summed E-state index contributed by atoms with van der Waals surface area (Å²) in [5, 5.41) is 0. The lowest BCUT2D eigenvalue weighted by molar-refractivity contribution is 0.104. The molecular formula is C14H24N4. The van der Waals surface area contributed by atoms with Gasteiger partial charge < -0.3 is 4.90 Å². The smallest absolute Gasteiger partial charge is 0.0434 e. The van der Waals surface area contributed by atoms with Crippen LogP contribution < -0.4 is 11.3 Å². The fraction of sp³-hybridized carbons (Fsp3) is 0.643. The number of nitrogens with zero attached hydrogens (tertiary/aromatic N) is 2. The van der Waals surface area contributed by atoms with E-state index in [-0.39, 0.29) is 11.6 Å². The average Bonchev–Trinajstić information content (AvgIpc) is 2.87. The van der Waals surface area contributed by atoms with Crippen LogP contribution in [-0.4, -0.2) is 35.6 Å².